The molecular weight excluding hydrogens is 238 g/mol. The van der Waals surface area contributed by atoms with Crippen molar-refractivity contribution in [3.63, 3.8) is 0 Å². The number of nitrogens with one attached hydrogen (secondary N) is 1. The maximum absolute atomic E-state index is 4.48. The first-order chi connectivity index (χ1) is 9.33. The molecule has 5 heteroatoms. The highest BCUT2D eigenvalue weighted by molar-refractivity contribution is 5.04. The number of hydrogen-bond acceptors (Lipinski definition) is 3. The van der Waals surface area contributed by atoms with Crippen LogP contribution < -0.4 is 5.32 Å². The molecule has 1 saturated carbocycles. The third kappa shape index (κ3) is 2.87. The quantitative estimate of drug-likeness (QED) is 0.893. The van der Waals surface area contributed by atoms with Crippen LogP contribution in [0.2, 0.25) is 0 Å². The molecule has 1 N–H and O–H groups in total. The summed E-state index contributed by atoms with van der Waals surface area (Å²) >= 11 is 0. The van der Waals surface area contributed by atoms with E-state index in [2.05, 4.69) is 26.3 Å². The zero-order valence-corrected chi connectivity index (χ0v) is 11.4. The van der Waals surface area contributed by atoms with Crippen LogP contribution in [0.3, 0.4) is 0 Å². The largest absolute Gasteiger partial charge is 0.305 e. The van der Waals surface area contributed by atoms with Crippen LogP contribution in [0.1, 0.15) is 43.1 Å². The van der Waals surface area contributed by atoms with Gasteiger partial charge in [0.1, 0.15) is 0 Å². The van der Waals surface area contributed by atoms with Gasteiger partial charge in [0.05, 0.1) is 17.4 Å². The average molecular weight is 259 g/mol. The molecule has 19 heavy (non-hydrogen) atoms. The molecule has 1 aliphatic rings. The van der Waals surface area contributed by atoms with E-state index in [-0.39, 0.29) is 0 Å². The summed E-state index contributed by atoms with van der Waals surface area (Å²) in [6.07, 6.45) is 9.11. The van der Waals surface area contributed by atoms with E-state index in [1.54, 1.807) is 0 Å². The van der Waals surface area contributed by atoms with Crippen molar-refractivity contribution >= 4 is 0 Å². The highest BCUT2D eigenvalue weighted by Gasteiger charge is 2.19. The van der Waals surface area contributed by atoms with Crippen LogP contribution >= 0.6 is 0 Å². The minimum Gasteiger partial charge on any atom is -0.305 e. The Bertz CT molecular complexity index is 521. The molecule has 0 saturated heterocycles. The molecule has 0 radical (unpaired) electrons. The Hall–Kier alpha value is -1.62. The second-order valence-corrected chi connectivity index (χ2v) is 5.29. The summed E-state index contributed by atoms with van der Waals surface area (Å²) in [5.41, 5.74) is 2.36. The lowest BCUT2D eigenvalue weighted by Crippen LogP contribution is -2.18. The molecule has 0 unspecified atom stereocenters. The lowest BCUT2D eigenvalue weighted by molar-refractivity contribution is 0.441. The third-order valence-corrected chi connectivity index (χ3v) is 3.80. The van der Waals surface area contributed by atoms with Crippen molar-refractivity contribution in [3.8, 4) is 0 Å². The van der Waals surface area contributed by atoms with Gasteiger partial charge in [-0.1, -0.05) is 12.8 Å². The summed E-state index contributed by atoms with van der Waals surface area (Å²) in [6, 6.07) is 4.77. The summed E-state index contributed by atoms with van der Waals surface area (Å²) in [5.74, 6) is 0. The molecule has 0 spiro atoms. The average Bonchev–Trinajstić information content (AvgIpc) is 3.09. The van der Waals surface area contributed by atoms with Crippen LogP contribution in [0.5, 0.6) is 0 Å². The van der Waals surface area contributed by atoms with Crippen molar-refractivity contribution in [2.75, 3.05) is 0 Å². The predicted octanol–water partition coefficient (Wildman–Crippen LogP) is 2.02. The smallest absolute Gasteiger partial charge is 0.0762 e. The second kappa shape index (κ2) is 5.57. The zero-order chi connectivity index (χ0) is 13.1. The number of rotatable bonds is 5. The van der Waals surface area contributed by atoms with Crippen molar-refractivity contribution in [1.82, 2.24) is 24.9 Å². The summed E-state index contributed by atoms with van der Waals surface area (Å²) in [6.45, 7) is 1.66. The minimum absolute atomic E-state index is 0.613. The molecule has 2 aromatic heterocycles. The van der Waals surface area contributed by atoms with E-state index in [9.17, 15) is 0 Å². The van der Waals surface area contributed by atoms with Gasteiger partial charge < -0.3 is 5.32 Å². The zero-order valence-electron chi connectivity index (χ0n) is 11.4. The van der Waals surface area contributed by atoms with E-state index in [4.69, 9.17) is 0 Å². The van der Waals surface area contributed by atoms with E-state index < -0.39 is 0 Å². The van der Waals surface area contributed by atoms with Crippen molar-refractivity contribution in [3.05, 3.63) is 35.9 Å². The maximum Gasteiger partial charge on any atom is 0.0762 e. The highest BCUT2D eigenvalue weighted by Crippen LogP contribution is 2.29. The van der Waals surface area contributed by atoms with Crippen LogP contribution in [0.4, 0.5) is 0 Å². The molecule has 2 heterocycles. The predicted molar refractivity (Wildman–Crippen MR) is 73.5 cm³/mol. The Morgan fingerprint density at radius 3 is 2.84 bits per heavy atom. The molecule has 0 amide bonds. The fourth-order valence-electron chi connectivity index (χ4n) is 2.84. The standard InChI is InChI=1S/C14H21N5/c1-18-9-7-12(17-18)10-15-11-14-6-8-16-19(14)13-4-2-3-5-13/h6-9,13,15H,2-5,10-11H2,1H3. The SMILES string of the molecule is Cn1ccc(CNCc2ccnn2C2CCCC2)n1. The summed E-state index contributed by atoms with van der Waals surface area (Å²) in [5, 5.41) is 12.3. The lowest BCUT2D eigenvalue weighted by atomic mass is 10.2. The van der Waals surface area contributed by atoms with Gasteiger partial charge in [-0.2, -0.15) is 10.2 Å². The lowest BCUT2D eigenvalue weighted by Gasteiger charge is -2.14. The van der Waals surface area contributed by atoms with E-state index in [1.807, 2.05) is 30.2 Å². The molecule has 2 aromatic rings. The fourth-order valence-corrected chi connectivity index (χ4v) is 2.84. The van der Waals surface area contributed by atoms with Crippen molar-refractivity contribution in [2.24, 2.45) is 7.05 Å². The van der Waals surface area contributed by atoms with Crippen molar-refractivity contribution < 1.29 is 0 Å². The Morgan fingerprint density at radius 1 is 1.26 bits per heavy atom. The van der Waals surface area contributed by atoms with E-state index >= 15 is 0 Å². The number of hydrogen-bond donors (Lipinski definition) is 1. The molecule has 0 aliphatic heterocycles. The Morgan fingerprint density at radius 2 is 2.11 bits per heavy atom. The first-order valence-corrected chi connectivity index (χ1v) is 7.04. The molecular formula is C14H21N5. The van der Waals surface area contributed by atoms with Crippen LogP contribution in [0.15, 0.2) is 24.5 Å². The molecule has 3 rings (SSSR count). The summed E-state index contributed by atoms with van der Waals surface area (Å²) < 4.78 is 4.04. The summed E-state index contributed by atoms with van der Waals surface area (Å²) in [4.78, 5) is 0. The molecule has 0 atom stereocenters. The molecule has 0 aromatic carbocycles. The van der Waals surface area contributed by atoms with Gasteiger partial charge >= 0.3 is 0 Å². The van der Waals surface area contributed by atoms with Crippen LogP contribution in [-0.4, -0.2) is 19.6 Å². The second-order valence-electron chi connectivity index (χ2n) is 5.29. The van der Waals surface area contributed by atoms with Gasteiger partial charge in [0, 0.05) is 32.5 Å². The van der Waals surface area contributed by atoms with Crippen molar-refractivity contribution in [2.45, 2.75) is 44.8 Å². The first kappa shape index (κ1) is 12.4. The number of aromatic nitrogens is 4. The van der Waals surface area contributed by atoms with Crippen molar-refractivity contribution in [1.29, 1.82) is 0 Å². The first-order valence-electron chi connectivity index (χ1n) is 7.04. The molecule has 1 fully saturated rings. The van der Waals surface area contributed by atoms with Gasteiger partial charge in [-0.25, -0.2) is 0 Å². The molecule has 102 valence electrons. The molecule has 5 nitrogen and oxygen atoms in total. The van der Waals surface area contributed by atoms with E-state index in [0.717, 1.165) is 18.8 Å². The van der Waals surface area contributed by atoms with E-state index in [0.29, 0.717) is 6.04 Å². The summed E-state index contributed by atoms with van der Waals surface area (Å²) in [7, 11) is 1.94. The van der Waals surface area contributed by atoms with Crippen LogP contribution in [-0.2, 0) is 20.1 Å². The maximum atomic E-state index is 4.48. The van der Waals surface area contributed by atoms with Gasteiger partial charge in [0.25, 0.3) is 0 Å². The van der Waals surface area contributed by atoms with Gasteiger partial charge in [-0.3, -0.25) is 9.36 Å². The van der Waals surface area contributed by atoms with Gasteiger partial charge in [-0.15, -0.1) is 0 Å². The van der Waals surface area contributed by atoms with Crippen LogP contribution in [0, 0.1) is 0 Å². The third-order valence-electron chi connectivity index (χ3n) is 3.80. The number of nitrogens with zero attached hydrogens (tertiary/aromatic N) is 4. The minimum atomic E-state index is 0.613. The Balaban J connectivity index is 1.56. The number of aryl methyl sites for hydroxylation is 1. The highest BCUT2D eigenvalue weighted by atomic mass is 15.3. The van der Waals surface area contributed by atoms with Gasteiger partial charge in [0.2, 0.25) is 0 Å². The van der Waals surface area contributed by atoms with Gasteiger partial charge in [0.15, 0.2) is 0 Å². The van der Waals surface area contributed by atoms with Crippen LogP contribution in [0.25, 0.3) is 0 Å². The Labute approximate surface area is 113 Å². The monoisotopic (exact) mass is 259 g/mol. The fraction of sp³-hybridized carbons (Fsp3) is 0.571. The van der Waals surface area contributed by atoms with E-state index in [1.165, 1.54) is 31.4 Å². The van der Waals surface area contributed by atoms with Gasteiger partial charge in [-0.05, 0) is 25.0 Å². The normalized spacial score (nSPS) is 16.3. The topological polar surface area (TPSA) is 47.7 Å². The Kier molecular flexibility index (Phi) is 3.64. The molecule has 0 bridgehead atoms. The molecule has 1 aliphatic carbocycles.